The number of carbonyl (C=O) groups excluding carboxylic acids is 1. The maximum atomic E-state index is 12.1. The summed E-state index contributed by atoms with van der Waals surface area (Å²) < 4.78 is 3.05. The number of carbonyl (C=O) groups is 1. The number of hydrogen-bond acceptors (Lipinski definition) is 3. The number of hydrogen-bond donors (Lipinski definition) is 0. The van der Waals surface area contributed by atoms with Crippen molar-refractivity contribution < 1.29 is 4.79 Å². The van der Waals surface area contributed by atoms with Gasteiger partial charge in [0.2, 0.25) is 5.91 Å². The SMILES string of the molecule is O=C(CSc1nccn1-c1ccc(Br)cc1)N1CCCC1. The summed E-state index contributed by atoms with van der Waals surface area (Å²) in [5.41, 5.74) is 1.05. The highest BCUT2D eigenvalue weighted by Gasteiger charge is 2.18. The standard InChI is InChI=1S/C15H16BrN3OS/c16-12-3-5-13(6-4-12)19-10-7-17-15(19)21-11-14(20)18-8-1-2-9-18/h3-7,10H,1-2,8-9,11H2. The van der Waals surface area contributed by atoms with Crippen LogP contribution in [0.5, 0.6) is 0 Å². The molecule has 1 fully saturated rings. The summed E-state index contributed by atoms with van der Waals surface area (Å²) in [6.07, 6.45) is 5.95. The first-order valence-corrected chi connectivity index (χ1v) is 8.72. The molecule has 0 aliphatic carbocycles. The average Bonchev–Trinajstić information content (AvgIpc) is 3.17. The Morgan fingerprint density at radius 1 is 1.24 bits per heavy atom. The average molecular weight is 366 g/mol. The third-order valence-electron chi connectivity index (χ3n) is 3.50. The summed E-state index contributed by atoms with van der Waals surface area (Å²) in [6.45, 7) is 1.81. The Hall–Kier alpha value is -1.27. The Balaban J connectivity index is 1.68. The van der Waals surface area contributed by atoms with Crippen LogP contribution in [0.4, 0.5) is 0 Å². The van der Waals surface area contributed by atoms with E-state index in [2.05, 4.69) is 20.9 Å². The third kappa shape index (κ3) is 3.49. The quantitative estimate of drug-likeness (QED) is 0.779. The molecule has 1 aliphatic rings. The van der Waals surface area contributed by atoms with Gasteiger partial charge in [0, 0.05) is 35.6 Å². The van der Waals surface area contributed by atoms with Gasteiger partial charge in [-0.3, -0.25) is 9.36 Å². The summed E-state index contributed by atoms with van der Waals surface area (Å²) in [5.74, 6) is 0.663. The van der Waals surface area contributed by atoms with E-state index in [0.717, 1.165) is 41.2 Å². The normalized spacial score (nSPS) is 14.6. The highest BCUT2D eigenvalue weighted by atomic mass is 79.9. The van der Waals surface area contributed by atoms with Gasteiger partial charge in [-0.25, -0.2) is 4.98 Å². The minimum Gasteiger partial charge on any atom is -0.342 e. The molecule has 6 heteroatoms. The second-order valence-electron chi connectivity index (χ2n) is 4.93. The van der Waals surface area contributed by atoms with Crippen LogP contribution in [-0.4, -0.2) is 39.2 Å². The smallest absolute Gasteiger partial charge is 0.233 e. The molecule has 110 valence electrons. The molecule has 4 nitrogen and oxygen atoms in total. The Kier molecular flexibility index (Phi) is 4.65. The molecule has 0 N–H and O–H groups in total. The fraction of sp³-hybridized carbons (Fsp3) is 0.333. The molecule has 0 saturated carbocycles. The van der Waals surface area contributed by atoms with E-state index in [1.165, 1.54) is 11.8 Å². The Labute approximate surface area is 136 Å². The fourth-order valence-electron chi connectivity index (χ4n) is 2.38. The number of benzene rings is 1. The highest BCUT2D eigenvalue weighted by Crippen LogP contribution is 2.22. The predicted octanol–water partition coefficient (Wildman–Crippen LogP) is 3.35. The van der Waals surface area contributed by atoms with E-state index in [4.69, 9.17) is 0 Å². The van der Waals surface area contributed by atoms with Gasteiger partial charge in [-0.15, -0.1) is 0 Å². The molecule has 0 radical (unpaired) electrons. The first-order chi connectivity index (χ1) is 10.2. The summed E-state index contributed by atoms with van der Waals surface area (Å²) in [6, 6.07) is 8.05. The third-order valence-corrected chi connectivity index (χ3v) is 4.98. The lowest BCUT2D eigenvalue weighted by Crippen LogP contribution is -2.29. The minimum absolute atomic E-state index is 0.211. The van der Waals surface area contributed by atoms with E-state index in [9.17, 15) is 4.79 Å². The van der Waals surface area contributed by atoms with Gasteiger partial charge >= 0.3 is 0 Å². The summed E-state index contributed by atoms with van der Waals surface area (Å²) >= 11 is 4.93. The first-order valence-electron chi connectivity index (χ1n) is 6.94. The van der Waals surface area contributed by atoms with Gasteiger partial charge in [0.15, 0.2) is 5.16 Å². The van der Waals surface area contributed by atoms with Crippen LogP contribution in [0.15, 0.2) is 46.3 Å². The summed E-state index contributed by atoms with van der Waals surface area (Å²) in [4.78, 5) is 18.4. The molecular formula is C15H16BrN3OS. The highest BCUT2D eigenvalue weighted by molar-refractivity contribution is 9.10. The van der Waals surface area contributed by atoms with Gasteiger partial charge in [0.25, 0.3) is 0 Å². The van der Waals surface area contributed by atoms with Crippen molar-refractivity contribution in [2.75, 3.05) is 18.8 Å². The minimum atomic E-state index is 0.211. The number of thioether (sulfide) groups is 1. The lowest BCUT2D eigenvalue weighted by molar-refractivity contribution is -0.127. The van der Waals surface area contributed by atoms with Gasteiger partial charge < -0.3 is 4.90 Å². The lowest BCUT2D eigenvalue weighted by Gasteiger charge is -2.14. The predicted molar refractivity (Wildman–Crippen MR) is 87.8 cm³/mol. The molecule has 1 aromatic carbocycles. The maximum Gasteiger partial charge on any atom is 0.233 e. The van der Waals surface area contributed by atoms with Gasteiger partial charge in [0.05, 0.1) is 5.75 Å². The van der Waals surface area contributed by atoms with Crippen LogP contribution >= 0.6 is 27.7 Å². The monoisotopic (exact) mass is 365 g/mol. The Morgan fingerprint density at radius 2 is 1.95 bits per heavy atom. The fourth-order valence-corrected chi connectivity index (χ4v) is 3.52. The van der Waals surface area contributed by atoms with Crippen molar-refractivity contribution in [1.29, 1.82) is 0 Å². The molecule has 1 saturated heterocycles. The van der Waals surface area contributed by atoms with E-state index in [1.807, 2.05) is 39.9 Å². The van der Waals surface area contributed by atoms with Crippen LogP contribution < -0.4 is 0 Å². The van der Waals surface area contributed by atoms with Crippen molar-refractivity contribution in [2.24, 2.45) is 0 Å². The second kappa shape index (κ2) is 6.66. The van der Waals surface area contributed by atoms with Crippen molar-refractivity contribution >= 4 is 33.6 Å². The number of aromatic nitrogens is 2. The lowest BCUT2D eigenvalue weighted by atomic mass is 10.3. The molecule has 0 unspecified atom stereocenters. The van der Waals surface area contributed by atoms with E-state index < -0.39 is 0 Å². The molecule has 1 aliphatic heterocycles. The summed E-state index contributed by atoms with van der Waals surface area (Å²) in [7, 11) is 0. The van der Waals surface area contributed by atoms with E-state index in [1.54, 1.807) is 6.20 Å². The molecule has 0 spiro atoms. The molecule has 0 bridgehead atoms. The molecule has 3 rings (SSSR count). The molecule has 2 aromatic rings. The second-order valence-corrected chi connectivity index (χ2v) is 6.79. The summed E-state index contributed by atoms with van der Waals surface area (Å²) in [5, 5.41) is 0.852. The largest absolute Gasteiger partial charge is 0.342 e. The van der Waals surface area contributed by atoms with Crippen LogP contribution in [0.25, 0.3) is 5.69 Å². The molecule has 0 atom stereocenters. The zero-order valence-electron chi connectivity index (χ0n) is 11.5. The van der Waals surface area contributed by atoms with Crippen molar-refractivity contribution in [3.8, 4) is 5.69 Å². The van der Waals surface area contributed by atoms with Gasteiger partial charge in [-0.1, -0.05) is 27.7 Å². The van der Waals surface area contributed by atoms with Crippen molar-refractivity contribution in [3.63, 3.8) is 0 Å². The molecular weight excluding hydrogens is 350 g/mol. The van der Waals surface area contributed by atoms with Crippen LogP contribution in [0.2, 0.25) is 0 Å². The van der Waals surface area contributed by atoms with Crippen molar-refractivity contribution in [2.45, 2.75) is 18.0 Å². The molecule has 2 heterocycles. The van der Waals surface area contributed by atoms with Gasteiger partial charge in [0.1, 0.15) is 0 Å². The zero-order chi connectivity index (χ0) is 14.7. The number of amides is 1. The zero-order valence-corrected chi connectivity index (χ0v) is 13.9. The Morgan fingerprint density at radius 3 is 2.67 bits per heavy atom. The van der Waals surface area contributed by atoms with E-state index in [-0.39, 0.29) is 5.91 Å². The van der Waals surface area contributed by atoms with E-state index in [0.29, 0.717) is 5.75 Å². The topological polar surface area (TPSA) is 38.1 Å². The number of rotatable bonds is 4. The van der Waals surface area contributed by atoms with Gasteiger partial charge in [-0.05, 0) is 37.1 Å². The Bertz CT molecular complexity index is 620. The van der Waals surface area contributed by atoms with E-state index >= 15 is 0 Å². The first kappa shape index (κ1) is 14.7. The number of imidazole rings is 1. The maximum absolute atomic E-state index is 12.1. The van der Waals surface area contributed by atoms with Gasteiger partial charge in [-0.2, -0.15) is 0 Å². The van der Waals surface area contributed by atoms with Crippen LogP contribution in [-0.2, 0) is 4.79 Å². The molecule has 1 amide bonds. The molecule has 1 aromatic heterocycles. The number of halogens is 1. The van der Waals surface area contributed by atoms with Crippen LogP contribution in [0.3, 0.4) is 0 Å². The number of likely N-dealkylation sites (tertiary alicyclic amines) is 1. The van der Waals surface area contributed by atoms with Crippen molar-refractivity contribution in [1.82, 2.24) is 14.5 Å². The van der Waals surface area contributed by atoms with Crippen LogP contribution in [0, 0.1) is 0 Å². The molecule has 21 heavy (non-hydrogen) atoms. The number of nitrogens with zero attached hydrogens (tertiary/aromatic N) is 3. The van der Waals surface area contributed by atoms with Crippen LogP contribution in [0.1, 0.15) is 12.8 Å². The van der Waals surface area contributed by atoms with Crippen molar-refractivity contribution in [3.05, 3.63) is 41.1 Å².